The second kappa shape index (κ2) is 9.86. The van der Waals surface area contributed by atoms with E-state index >= 15 is 0 Å². The lowest BCUT2D eigenvalue weighted by atomic mass is 9.43. The van der Waals surface area contributed by atoms with Crippen LogP contribution in [0.15, 0.2) is 0 Å². The van der Waals surface area contributed by atoms with Gasteiger partial charge in [0.15, 0.2) is 0 Å². The fourth-order valence-corrected chi connectivity index (χ4v) is 9.32. The summed E-state index contributed by atoms with van der Waals surface area (Å²) in [6.45, 7) is 6.44. The molecule has 9 heteroatoms. The summed E-state index contributed by atoms with van der Waals surface area (Å²) in [4.78, 5) is 12.3. The zero-order valence-corrected chi connectivity index (χ0v) is 22.2. The predicted molar refractivity (Wildman–Crippen MR) is 132 cm³/mol. The van der Waals surface area contributed by atoms with Gasteiger partial charge < -0.3 is 20.6 Å². The number of amides is 1. The highest BCUT2D eigenvalue weighted by atomic mass is 32.2. The summed E-state index contributed by atoms with van der Waals surface area (Å²) in [5, 5.41) is 35.8. The number of rotatable bonds is 7. The van der Waals surface area contributed by atoms with Gasteiger partial charge in [-0.2, -0.15) is 8.42 Å². The van der Waals surface area contributed by atoms with Gasteiger partial charge in [0.25, 0.3) is 10.1 Å². The Labute approximate surface area is 210 Å². The lowest BCUT2D eigenvalue weighted by molar-refractivity contribution is -0.205. The van der Waals surface area contributed by atoms with E-state index in [9.17, 15) is 28.5 Å². The molecule has 35 heavy (non-hydrogen) atoms. The Morgan fingerprint density at radius 1 is 1.06 bits per heavy atom. The quantitative estimate of drug-likeness (QED) is 0.327. The molecule has 4 fully saturated rings. The fourth-order valence-electron chi connectivity index (χ4n) is 8.96. The molecule has 0 saturated heterocycles. The average molecular weight is 516 g/mol. The maximum Gasteiger partial charge on any atom is 0.266 e. The number of hydrogen-bond donors (Lipinski definition) is 5. The maximum atomic E-state index is 12.3. The number of fused-ring (bicyclic) bond motifs is 5. The van der Waals surface area contributed by atoms with E-state index in [4.69, 9.17) is 4.55 Å². The Hall–Kier alpha value is -0.740. The van der Waals surface area contributed by atoms with Crippen LogP contribution in [0.2, 0.25) is 0 Å². The van der Waals surface area contributed by atoms with Crippen LogP contribution in [-0.4, -0.2) is 64.8 Å². The summed E-state index contributed by atoms with van der Waals surface area (Å²) in [6.07, 6.45) is 5.84. The normalized spacial score (nSPS) is 46.3. The predicted octanol–water partition coefficient (Wildman–Crippen LogP) is 2.37. The number of nitrogens with one attached hydrogen (secondary N) is 1. The van der Waals surface area contributed by atoms with Crippen LogP contribution in [0.4, 0.5) is 0 Å². The Bertz CT molecular complexity index is 896. The topological polar surface area (TPSA) is 144 Å². The second-order valence-electron chi connectivity index (χ2n) is 12.8. The first kappa shape index (κ1) is 27.3. The van der Waals surface area contributed by atoms with Crippen molar-refractivity contribution in [2.45, 2.75) is 96.9 Å². The molecule has 1 amide bonds. The molecular weight excluding hydrogens is 470 g/mol. The van der Waals surface area contributed by atoms with Crippen molar-refractivity contribution in [3.8, 4) is 0 Å². The molecule has 0 aromatic heterocycles. The molecule has 0 unspecified atom stereocenters. The molecule has 4 aliphatic carbocycles. The SMILES string of the molecule is C[C@@H](CC(=O)NCCS(=O)(=O)O)C[C@H]1CC[C@H]2[C@@H]3[C@H](O)C[C@@H]4C[C@H](O)CC[C@]4(C)[C@H]3C[C@H](O)[C@]12C. The van der Waals surface area contributed by atoms with Crippen LogP contribution in [0.25, 0.3) is 0 Å². The molecule has 5 N–H and O–H groups in total. The highest BCUT2D eigenvalue weighted by Gasteiger charge is 2.65. The first-order chi connectivity index (χ1) is 16.3. The van der Waals surface area contributed by atoms with E-state index in [1.54, 1.807) is 0 Å². The van der Waals surface area contributed by atoms with Crippen LogP contribution in [0.3, 0.4) is 0 Å². The number of carbonyl (C=O) groups is 1. The number of hydrogen-bond acceptors (Lipinski definition) is 6. The van der Waals surface area contributed by atoms with Crippen LogP contribution >= 0.6 is 0 Å². The Morgan fingerprint density at radius 3 is 2.46 bits per heavy atom. The van der Waals surface area contributed by atoms with Crippen LogP contribution < -0.4 is 5.32 Å². The molecule has 0 bridgehead atoms. The first-order valence-electron chi connectivity index (χ1n) is 13.5. The van der Waals surface area contributed by atoms with Crippen molar-refractivity contribution in [3.05, 3.63) is 0 Å². The van der Waals surface area contributed by atoms with E-state index in [1.165, 1.54) is 0 Å². The Morgan fingerprint density at radius 2 is 1.77 bits per heavy atom. The summed E-state index contributed by atoms with van der Waals surface area (Å²) in [7, 11) is -4.10. The minimum atomic E-state index is -4.10. The van der Waals surface area contributed by atoms with Crippen molar-refractivity contribution in [3.63, 3.8) is 0 Å². The molecule has 8 nitrogen and oxygen atoms in total. The van der Waals surface area contributed by atoms with Gasteiger partial charge in [-0.15, -0.1) is 0 Å². The van der Waals surface area contributed by atoms with E-state index in [1.807, 2.05) is 6.92 Å². The Kier molecular flexibility index (Phi) is 7.69. The van der Waals surface area contributed by atoms with Crippen molar-refractivity contribution in [1.82, 2.24) is 5.32 Å². The minimum absolute atomic E-state index is 0.0525. The summed E-state index contributed by atoms with van der Waals surface area (Å²) < 4.78 is 30.5. The van der Waals surface area contributed by atoms with Crippen molar-refractivity contribution in [1.29, 1.82) is 0 Å². The zero-order chi connectivity index (χ0) is 25.8. The molecule has 4 saturated carbocycles. The highest BCUT2D eigenvalue weighted by molar-refractivity contribution is 7.85. The lowest BCUT2D eigenvalue weighted by Crippen LogP contribution is -2.62. The fraction of sp³-hybridized carbons (Fsp3) is 0.962. The molecular formula is C26H45NO7S. The largest absolute Gasteiger partial charge is 0.393 e. The molecule has 0 aromatic rings. The molecule has 202 valence electrons. The van der Waals surface area contributed by atoms with Gasteiger partial charge in [0.1, 0.15) is 0 Å². The van der Waals surface area contributed by atoms with Crippen LogP contribution in [0.5, 0.6) is 0 Å². The smallest absolute Gasteiger partial charge is 0.266 e. The summed E-state index contributed by atoms with van der Waals surface area (Å²) in [5.41, 5.74) is -0.244. The molecule has 0 radical (unpaired) electrons. The van der Waals surface area contributed by atoms with Gasteiger partial charge in [-0.3, -0.25) is 9.35 Å². The first-order valence-corrected chi connectivity index (χ1v) is 15.1. The van der Waals surface area contributed by atoms with Gasteiger partial charge in [-0.1, -0.05) is 20.8 Å². The van der Waals surface area contributed by atoms with Gasteiger partial charge in [0.2, 0.25) is 5.91 Å². The van der Waals surface area contributed by atoms with Gasteiger partial charge in [0.05, 0.1) is 24.1 Å². The van der Waals surface area contributed by atoms with Gasteiger partial charge >= 0.3 is 0 Å². The highest BCUT2D eigenvalue weighted by Crippen LogP contribution is 2.68. The van der Waals surface area contributed by atoms with Gasteiger partial charge in [0, 0.05) is 13.0 Å². The van der Waals surface area contributed by atoms with Crippen molar-refractivity contribution >= 4 is 16.0 Å². The average Bonchev–Trinajstić information content (AvgIpc) is 3.06. The van der Waals surface area contributed by atoms with E-state index in [2.05, 4.69) is 19.2 Å². The van der Waals surface area contributed by atoms with Gasteiger partial charge in [-0.05, 0) is 97.7 Å². The summed E-state index contributed by atoms with van der Waals surface area (Å²) >= 11 is 0. The molecule has 0 aliphatic heterocycles. The van der Waals surface area contributed by atoms with E-state index in [0.29, 0.717) is 12.3 Å². The molecule has 0 aromatic carbocycles. The van der Waals surface area contributed by atoms with Gasteiger partial charge in [-0.25, -0.2) is 0 Å². The van der Waals surface area contributed by atoms with Crippen LogP contribution in [-0.2, 0) is 14.9 Å². The number of aliphatic hydroxyl groups is 3. The Balaban J connectivity index is 1.43. The summed E-state index contributed by atoms with van der Waals surface area (Å²) in [5.74, 6) is 0.592. The summed E-state index contributed by atoms with van der Waals surface area (Å²) in [6, 6.07) is 0. The lowest BCUT2D eigenvalue weighted by Gasteiger charge is -2.63. The van der Waals surface area contributed by atoms with E-state index < -0.39 is 28.1 Å². The molecule has 0 spiro atoms. The molecule has 4 rings (SSSR count). The van der Waals surface area contributed by atoms with Crippen LogP contribution in [0, 0.1) is 46.3 Å². The zero-order valence-electron chi connectivity index (χ0n) is 21.4. The van der Waals surface area contributed by atoms with E-state index in [0.717, 1.165) is 44.9 Å². The third-order valence-corrected chi connectivity index (χ3v) is 11.6. The third-order valence-electron chi connectivity index (χ3n) is 10.9. The third kappa shape index (κ3) is 5.17. The van der Waals surface area contributed by atoms with Crippen molar-refractivity contribution in [2.24, 2.45) is 46.3 Å². The molecule has 0 heterocycles. The number of aliphatic hydroxyl groups excluding tert-OH is 3. The standard InChI is InChI=1S/C26H45NO7S/c1-15(11-23(31)27-8-9-35(32,33)34)10-16-4-5-19-24-20(14-22(30)26(16,19)3)25(2)7-6-18(28)12-17(25)13-21(24)29/h15-22,24,28-30H,4-14H2,1-3H3,(H,27,31)(H,32,33,34)/t15-,16-,17+,18-,19+,20+,21-,22+,24+,25+,26-/m1/s1. The second-order valence-corrected chi connectivity index (χ2v) is 14.4. The molecule has 4 aliphatic rings. The minimum Gasteiger partial charge on any atom is -0.393 e. The van der Waals surface area contributed by atoms with Crippen molar-refractivity contribution < 1.29 is 33.1 Å². The maximum absolute atomic E-state index is 12.3. The monoisotopic (exact) mass is 515 g/mol. The van der Waals surface area contributed by atoms with E-state index in [-0.39, 0.29) is 65.4 Å². The number of carbonyl (C=O) groups excluding carboxylic acids is 1. The van der Waals surface area contributed by atoms with Crippen molar-refractivity contribution in [2.75, 3.05) is 12.3 Å². The molecule has 11 atom stereocenters. The van der Waals surface area contributed by atoms with Crippen LogP contribution in [0.1, 0.15) is 78.6 Å².